The van der Waals surface area contributed by atoms with Gasteiger partial charge in [-0.3, -0.25) is 14.9 Å². The van der Waals surface area contributed by atoms with E-state index < -0.39 is 0 Å². The van der Waals surface area contributed by atoms with Gasteiger partial charge in [0.25, 0.3) is 5.69 Å². The summed E-state index contributed by atoms with van der Waals surface area (Å²) < 4.78 is 5.26. The Morgan fingerprint density at radius 3 is 2.50 bits per heavy atom. The number of benzene rings is 2. The summed E-state index contributed by atoms with van der Waals surface area (Å²) in [6, 6.07) is 14.2. The van der Waals surface area contributed by atoms with Crippen LogP contribution in [0.5, 0.6) is 0 Å². The van der Waals surface area contributed by atoms with Crippen molar-refractivity contribution < 1.29 is 14.5 Å². The van der Waals surface area contributed by atoms with Gasteiger partial charge in [0.15, 0.2) is 0 Å². The van der Waals surface area contributed by atoms with Gasteiger partial charge in [0.2, 0.25) is 5.91 Å². The monoisotopic (exact) mass is 355 g/mol. The summed E-state index contributed by atoms with van der Waals surface area (Å²) in [7, 11) is 0. The van der Waals surface area contributed by atoms with Gasteiger partial charge in [-0.2, -0.15) is 0 Å². The van der Waals surface area contributed by atoms with Crippen LogP contribution in [0, 0.1) is 10.1 Å². The number of para-hydroxylation sites is 1. The van der Waals surface area contributed by atoms with Crippen molar-refractivity contribution in [2.45, 2.75) is 13.0 Å². The van der Waals surface area contributed by atoms with Crippen LogP contribution in [0.2, 0.25) is 0 Å². The molecule has 7 nitrogen and oxygen atoms in total. The third-order valence-corrected chi connectivity index (χ3v) is 4.34. The summed E-state index contributed by atoms with van der Waals surface area (Å²) in [5.41, 5.74) is 2.53. The molecule has 0 bridgehead atoms. The zero-order chi connectivity index (χ0) is 18.4. The van der Waals surface area contributed by atoms with E-state index in [2.05, 4.69) is 5.32 Å². The molecule has 2 aromatic rings. The lowest BCUT2D eigenvalue weighted by Crippen LogP contribution is -2.41. The molecule has 1 amide bonds. The second-order valence-corrected chi connectivity index (χ2v) is 6.11. The van der Waals surface area contributed by atoms with Crippen molar-refractivity contribution in [3.63, 3.8) is 0 Å². The van der Waals surface area contributed by atoms with Crippen LogP contribution < -0.4 is 5.32 Å². The van der Waals surface area contributed by atoms with Crippen molar-refractivity contribution in [2.24, 2.45) is 0 Å². The van der Waals surface area contributed by atoms with Gasteiger partial charge < -0.3 is 15.0 Å². The van der Waals surface area contributed by atoms with Crippen LogP contribution in [0.25, 0.3) is 0 Å². The molecule has 1 aliphatic heterocycles. The second kappa shape index (κ2) is 8.44. The molecule has 26 heavy (non-hydrogen) atoms. The van der Waals surface area contributed by atoms with E-state index >= 15 is 0 Å². The minimum Gasteiger partial charge on any atom is -0.381 e. The summed E-state index contributed by atoms with van der Waals surface area (Å²) in [5.74, 6) is 0.105. The van der Waals surface area contributed by atoms with E-state index in [0.717, 1.165) is 11.3 Å². The molecule has 0 radical (unpaired) electrons. The van der Waals surface area contributed by atoms with Crippen LogP contribution in [0.4, 0.5) is 11.4 Å². The Hall–Kier alpha value is -2.93. The van der Waals surface area contributed by atoms with E-state index in [0.29, 0.717) is 44.8 Å². The van der Waals surface area contributed by atoms with Crippen molar-refractivity contribution in [3.05, 3.63) is 69.8 Å². The predicted octanol–water partition coefficient (Wildman–Crippen LogP) is 2.61. The van der Waals surface area contributed by atoms with Gasteiger partial charge in [-0.05, 0) is 17.7 Å². The maximum absolute atomic E-state index is 12.3. The maximum Gasteiger partial charge on any atom is 0.274 e. The Balaban J connectivity index is 1.56. The van der Waals surface area contributed by atoms with E-state index in [1.165, 1.54) is 6.07 Å². The predicted molar refractivity (Wildman–Crippen MR) is 98.0 cm³/mol. The fourth-order valence-corrected chi connectivity index (χ4v) is 2.88. The first-order chi connectivity index (χ1) is 12.6. The summed E-state index contributed by atoms with van der Waals surface area (Å²) in [6.07, 6.45) is 0.366. The Labute approximate surface area is 151 Å². The van der Waals surface area contributed by atoms with E-state index in [1.54, 1.807) is 18.2 Å². The molecule has 0 atom stereocenters. The van der Waals surface area contributed by atoms with Gasteiger partial charge in [0, 0.05) is 37.0 Å². The van der Waals surface area contributed by atoms with Crippen molar-refractivity contribution in [1.29, 1.82) is 0 Å². The van der Waals surface area contributed by atoms with Crippen LogP contribution >= 0.6 is 0 Å². The summed E-state index contributed by atoms with van der Waals surface area (Å²) in [4.78, 5) is 24.7. The van der Waals surface area contributed by atoms with Crippen molar-refractivity contribution in [3.8, 4) is 0 Å². The van der Waals surface area contributed by atoms with Gasteiger partial charge >= 0.3 is 0 Å². The molecule has 0 unspecified atom stereocenters. The number of amides is 1. The number of rotatable bonds is 6. The number of carbonyl (C=O) groups is 1. The van der Waals surface area contributed by atoms with Crippen molar-refractivity contribution >= 4 is 17.3 Å². The van der Waals surface area contributed by atoms with Gasteiger partial charge in [0.1, 0.15) is 0 Å². The number of carbonyl (C=O) groups excluding carboxylic acids is 1. The Bertz CT molecular complexity index is 771. The topological polar surface area (TPSA) is 84.7 Å². The summed E-state index contributed by atoms with van der Waals surface area (Å²) in [6.45, 7) is 2.85. The first-order valence-corrected chi connectivity index (χ1v) is 8.54. The number of nitro benzene ring substituents is 1. The van der Waals surface area contributed by atoms with E-state index in [9.17, 15) is 14.9 Å². The number of hydrogen-bond donors (Lipinski definition) is 1. The highest BCUT2D eigenvalue weighted by molar-refractivity contribution is 5.79. The van der Waals surface area contributed by atoms with Gasteiger partial charge in [-0.25, -0.2) is 0 Å². The maximum atomic E-state index is 12.3. The van der Waals surface area contributed by atoms with Crippen molar-refractivity contribution in [1.82, 2.24) is 4.90 Å². The highest BCUT2D eigenvalue weighted by Gasteiger charge is 2.17. The number of anilines is 1. The molecule has 1 fully saturated rings. The molecule has 136 valence electrons. The highest BCUT2D eigenvalue weighted by atomic mass is 16.6. The molecule has 1 N–H and O–H groups in total. The molecule has 0 spiro atoms. The van der Waals surface area contributed by atoms with Crippen LogP contribution in [-0.4, -0.2) is 42.0 Å². The third kappa shape index (κ3) is 4.58. The highest BCUT2D eigenvalue weighted by Crippen LogP contribution is 2.19. The van der Waals surface area contributed by atoms with Crippen LogP contribution in [0.1, 0.15) is 11.1 Å². The normalized spacial score (nSPS) is 14.1. The lowest BCUT2D eigenvalue weighted by molar-refractivity contribution is -0.385. The first kappa shape index (κ1) is 17.9. The zero-order valence-electron chi connectivity index (χ0n) is 14.4. The first-order valence-electron chi connectivity index (χ1n) is 8.54. The minimum atomic E-state index is -0.378. The van der Waals surface area contributed by atoms with Crippen LogP contribution in [-0.2, 0) is 22.5 Å². The molecule has 0 aromatic heterocycles. The van der Waals surface area contributed by atoms with Gasteiger partial charge in [-0.1, -0.05) is 30.3 Å². The Kier molecular flexibility index (Phi) is 5.80. The number of ether oxygens (including phenoxy) is 1. The third-order valence-electron chi connectivity index (χ3n) is 4.34. The average Bonchev–Trinajstić information content (AvgIpc) is 2.68. The largest absolute Gasteiger partial charge is 0.381 e. The van der Waals surface area contributed by atoms with E-state index in [4.69, 9.17) is 4.74 Å². The van der Waals surface area contributed by atoms with Crippen LogP contribution in [0.15, 0.2) is 48.5 Å². The molecule has 7 heteroatoms. The van der Waals surface area contributed by atoms with Gasteiger partial charge in [-0.15, -0.1) is 0 Å². The van der Waals surface area contributed by atoms with Crippen molar-refractivity contribution in [2.75, 3.05) is 31.6 Å². The Morgan fingerprint density at radius 2 is 1.81 bits per heavy atom. The molecule has 2 aromatic carbocycles. The molecule has 3 rings (SSSR count). The molecule has 0 aliphatic carbocycles. The number of hydrogen-bond acceptors (Lipinski definition) is 5. The fraction of sp³-hybridized carbons (Fsp3) is 0.316. The second-order valence-electron chi connectivity index (χ2n) is 6.11. The number of nitrogens with one attached hydrogen (secondary N) is 1. The SMILES string of the molecule is O=C(Cc1ccc(NCc2ccccc2[N+](=O)[O-])cc1)N1CCOCC1. The standard InChI is InChI=1S/C19H21N3O4/c23-19(21-9-11-26-12-10-21)13-15-5-7-17(8-6-15)20-14-16-3-1-2-4-18(16)22(24)25/h1-8,20H,9-14H2. The molecular weight excluding hydrogens is 334 g/mol. The minimum absolute atomic E-state index is 0.104. The number of nitrogens with zero attached hydrogens (tertiary/aromatic N) is 2. The van der Waals surface area contributed by atoms with Crippen LogP contribution in [0.3, 0.4) is 0 Å². The molecule has 1 heterocycles. The smallest absolute Gasteiger partial charge is 0.274 e. The number of morpholine rings is 1. The fourth-order valence-electron chi connectivity index (χ4n) is 2.88. The lowest BCUT2D eigenvalue weighted by atomic mass is 10.1. The van der Waals surface area contributed by atoms with Gasteiger partial charge in [0.05, 0.1) is 24.6 Å². The molecule has 1 saturated heterocycles. The molecular formula is C19H21N3O4. The molecule has 1 aliphatic rings. The lowest BCUT2D eigenvalue weighted by Gasteiger charge is -2.26. The summed E-state index contributed by atoms with van der Waals surface area (Å²) in [5, 5.41) is 14.2. The average molecular weight is 355 g/mol. The quantitative estimate of drug-likeness (QED) is 0.636. The van der Waals surface area contributed by atoms with E-state index in [1.807, 2.05) is 29.2 Å². The Morgan fingerprint density at radius 1 is 1.12 bits per heavy atom. The zero-order valence-corrected chi connectivity index (χ0v) is 14.4. The summed E-state index contributed by atoms with van der Waals surface area (Å²) >= 11 is 0. The van der Waals surface area contributed by atoms with E-state index in [-0.39, 0.29) is 16.5 Å². The molecule has 0 saturated carbocycles. The number of nitro groups is 1.